The smallest absolute Gasteiger partial charge is 0.245 e. The number of halogens is 10. The minimum atomic E-state index is -6.24. The fourth-order valence-electron chi connectivity index (χ4n) is 2.16. The molecule has 1 aromatic heterocycles. The summed E-state index contributed by atoms with van der Waals surface area (Å²) in [7, 11) is 0. The lowest BCUT2D eigenvalue weighted by Gasteiger charge is -2.32. The average Bonchev–Trinajstić information content (AvgIpc) is 2.43. The van der Waals surface area contributed by atoms with Gasteiger partial charge in [0.05, 0.1) is 0 Å². The Kier molecular flexibility index (Phi) is 5.48. The zero-order chi connectivity index (χ0) is 19.2. The van der Waals surface area contributed by atoms with Gasteiger partial charge in [-0.3, -0.25) is 0 Å². The van der Waals surface area contributed by atoms with Gasteiger partial charge in [-0.1, -0.05) is 43.5 Å². The fourth-order valence-corrected chi connectivity index (χ4v) is 3.79. The van der Waals surface area contributed by atoms with Crippen LogP contribution in [0.5, 0.6) is 0 Å². The van der Waals surface area contributed by atoms with E-state index in [9.17, 15) is 30.7 Å². The molecule has 2 rings (SSSR count). The zero-order valence-electron chi connectivity index (χ0n) is 11.6. The Morgan fingerprint density at radius 3 is 1.92 bits per heavy atom. The highest BCUT2D eigenvalue weighted by atomic mass is 79.9. The maximum Gasteiger partial charge on any atom is 0.435 e. The van der Waals surface area contributed by atoms with Gasteiger partial charge in [0, 0.05) is 26.3 Å². The Bertz CT molecular complexity index is 791. The van der Waals surface area contributed by atoms with Crippen molar-refractivity contribution in [2.24, 2.45) is 0 Å². The molecule has 0 saturated heterocycles. The van der Waals surface area contributed by atoms with Crippen molar-refractivity contribution in [3.8, 4) is 11.1 Å². The summed E-state index contributed by atoms with van der Waals surface area (Å²) in [4.78, 5) is 3.60. The van der Waals surface area contributed by atoms with Gasteiger partial charge in [0.25, 0.3) is 0 Å². The summed E-state index contributed by atoms with van der Waals surface area (Å²) < 4.78 is 93.2. The van der Waals surface area contributed by atoms with Crippen LogP contribution in [0.3, 0.4) is 0 Å². The van der Waals surface area contributed by atoms with Crippen LogP contribution in [0.1, 0.15) is 5.56 Å². The molecular formula is C14H5Br2ClF7N. The van der Waals surface area contributed by atoms with Crippen molar-refractivity contribution in [2.45, 2.75) is 18.0 Å². The summed E-state index contributed by atoms with van der Waals surface area (Å²) in [6.07, 6.45) is -11.4. The number of hydrogen-bond donors (Lipinski definition) is 0. The quantitative estimate of drug-likeness (QED) is 0.304. The van der Waals surface area contributed by atoms with E-state index in [0.29, 0.717) is 6.07 Å². The molecule has 136 valence electrons. The van der Waals surface area contributed by atoms with Gasteiger partial charge >= 0.3 is 18.0 Å². The number of nitrogens with zero attached hydrogens (tertiary/aromatic N) is 1. The summed E-state index contributed by atoms with van der Waals surface area (Å²) in [6, 6.07) is 3.79. The Morgan fingerprint density at radius 1 is 0.880 bits per heavy atom. The first-order valence-electron chi connectivity index (χ1n) is 6.23. The highest BCUT2D eigenvalue weighted by molar-refractivity contribution is 9.11. The summed E-state index contributed by atoms with van der Waals surface area (Å²) >= 11 is 11.3. The van der Waals surface area contributed by atoms with Gasteiger partial charge in [-0.2, -0.15) is 26.3 Å². The van der Waals surface area contributed by atoms with Gasteiger partial charge < -0.3 is 0 Å². The molecule has 1 aromatic carbocycles. The van der Waals surface area contributed by atoms with E-state index in [0.717, 1.165) is 18.3 Å². The average molecular weight is 515 g/mol. The molecule has 0 unspecified atom stereocenters. The van der Waals surface area contributed by atoms with Gasteiger partial charge in [-0.25, -0.2) is 9.37 Å². The van der Waals surface area contributed by atoms with Crippen molar-refractivity contribution < 1.29 is 30.7 Å². The van der Waals surface area contributed by atoms with Crippen molar-refractivity contribution in [3.63, 3.8) is 0 Å². The molecule has 0 N–H and O–H groups in total. The molecule has 0 radical (unpaired) electrons. The molecule has 0 spiro atoms. The molecule has 11 heteroatoms. The van der Waals surface area contributed by atoms with Crippen LogP contribution in [-0.2, 0) is 5.67 Å². The number of hydrogen-bond acceptors (Lipinski definition) is 1. The van der Waals surface area contributed by atoms with Crippen LogP contribution < -0.4 is 0 Å². The summed E-state index contributed by atoms with van der Waals surface area (Å²) in [5, 5.41) is -0.179. The van der Waals surface area contributed by atoms with E-state index in [-0.39, 0.29) is 19.7 Å². The molecule has 0 amide bonds. The molecule has 0 aliphatic rings. The van der Waals surface area contributed by atoms with Crippen molar-refractivity contribution in [1.82, 2.24) is 4.98 Å². The van der Waals surface area contributed by atoms with Crippen LogP contribution >= 0.6 is 43.5 Å². The molecule has 2 aromatic rings. The maximum absolute atomic E-state index is 14.6. The first-order chi connectivity index (χ1) is 11.3. The van der Waals surface area contributed by atoms with Gasteiger partial charge in [0.1, 0.15) is 5.15 Å². The van der Waals surface area contributed by atoms with Crippen LogP contribution in [-0.4, -0.2) is 17.3 Å². The van der Waals surface area contributed by atoms with E-state index in [1.54, 1.807) is 0 Å². The lowest BCUT2D eigenvalue weighted by Crippen LogP contribution is -2.50. The van der Waals surface area contributed by atoms with E-state index < -0.39 is 29.1 Å². The van der Waals surface area contributed by atoms with Crippen molar-refractivity contribution >= 4 is 43.5 Å². The minimum Gasteiger partial charge on any atom is -0.245 e. The Morgan fingerprint density at radius 2 is 1.44 bits per heavy atom. The molecule has 0 aliphatic carbocycles. The molecule has 1 nitrogen and oxygen atoms in total. The van der Waals surface area contributed by atoms with E-state index in [1.807, 2.05) is 0 Å². The number of benzene rings is 1. The topological polar surface area (TPSA) is 12.9 Å². The predicted octanol–water partition coefficient (Wildman–Crippen LogP) is 7.22. The van der Waals surface area contributed by atoms with Crippen LogP contribution in [0.15, 0.2) is 39.4 Å². The molecular weight excluding hydrogens is 510 g/mol. The lowest BCUT2D eigenvalue weighted by molar-refractivity contribution is -0.348. The number of alkyl halides is 7. The van der Waals surface area contributed by atoms with Crippen molar-refractivity contribution in [3.05, 3.63) is 50.1 Å². The third-order valence-corrected chi connectivity index (χ3v) is 4.51. The fraction of sp³-hybridized carbons (Fsp3) is 0.214. The normalized spacial score (nSPS) is 13.2. The predicted molar refractivity (Wildman–Crippen MR) is 85.0 cm³/mol. The monoisotopic (exact) mass is 513 g/mol. The standard InChI is InChI=1S/C14H5Br2ClF7N/c15-7-4-8(12(18,13(19,20)21)14(22,23)24)11(9(16)5-7)6-1-2-25-10(17)3-6/h1-5H. The van der Waals surface area contributed by atoms with Crippen LogP contribution in [0.4, 0.5) is 30.7 Å². The molecule has 0 saturated carbocycles. The highest BCUT2D eigenvalue weighted by Gasteiger charge is 2.74. The molecule has 0 bridgehead atoms. The number of rotatable bonds is 2. The SMILES string of the molecule is FC(F)(F)C(F)(c1cc(Br)cc(Br)c1-c1ccnc(Cl)c1)C(F)(F)F. The third kappa shape index (κ3) is 3.66. The second kappa shape index (κ2) is 6.70. The Hall–Kier alpha value is -0.870. The molecule has 0 fully saturated rings. The molecule has 0 aliphatic heterocycles. The number of pyridine rings is 1. The molecule has 0 atom stereocenters. The summed E-state index contributed by atoms with van der Waals surface area (Å²) in [5.74, 6) is 0. The van der Waals surface area contributed by atoms with Crippen LogP contribution in [0.25, 0.3) is 11.1 Å². The van der Waals surface area contributed by atoms with Crippen molar-refractivity contribution in [2.75, 3.05) is 0 Å². The number of aromatic nitrogens is 1. The van der Waals surface area contributed by atoms with Crippen LogP contribution in [0, 0.1) is 0 Å². The third-order valence-electron chi connectivity index (χ3n) is 3.22. The second-order valence-corrected chi connectivity index (χ2v) is 6.99. The maximum atomic E-state index is 14.6. The zero-order valence-corrected chi connectivity index (χ0v) is 15.5. The van der Waals surface area contributed by atoms with Gasteiger partial charge in [-0.15, -0.1) is 0 Å². The first-order valence-corrected chi connectivity index (χ1v) is 8.19. The second-order valence-electron chi connectivity index (χ2n) is 4.83. The highest BCUT2D eigenvalue weighted by Crippen LogP contribution is 2.56. The largest absolute Gasteiger partial charge is 0.435 e. The van der Waals surface area contributed by atoms with E-state index in [2.05, 4.69) is 36.8 Å². The Labute approximate surface area is 158 Å². The Balaban J connectivity index is 2.94. The van der Waals surface area contributed by atoms with E-state index in [4.69, 9.17) is 11.6 Å². The summed E-state index contributed by atoms with van der Waals surface area (Å²) in [6.45, 7) is 0. The molecule has 25 heavy (non-hydrogen) atoms. The van der Waals surface area contributed by atoms with Crippen LogP contribution in [0.2, 0.25) is 5.15 Å². The van der Waals surface area contributed by atoms with Crippen molar-refractivity contribution in [1.29, 1.82) is 0 Å². The lowest BCUT2D eigenvalue weighted by atomic mass is 9.87. The van der Waals surface area contributed by atoms with E-state index in [1.165, 1.54) is 6.07 Å². The summed E-state index contributed by atoms with van der Waals surface area (Å²) in [5.41, 5.74) is -8.00. The van der Waals surface area contributed by atoms with Gasteiger partial charge in [0.2, 0.25) is 0 Å². The molecule has 1 heterocycles. The first kappa shape index (κ1) is 20.4. The van der Waals surface area contributed by atoms with Gasteiger partial charge in [-0.05, 0) is 29.8 Å². The minimum absolute atomic E-state index is 0.162. The van der Waals surface area contributed by atoms with Gasteiger partial charge in [0.15, 0.2) is 0 Å². The van der Waals surface area contributed by atoms with E-state index >= 15 is 0 Å².